The first-order valence-electron chi connectivity index (χ1n) is 6.88. The Balaban J connectivity index is 2.02. The zero-order chi connectivity index (χ0) is 15.4. The zero-order valence-electron chi connectivity index (χ0n) is 13.1. The van der Waals surface area contributed by atoms with Crippen molar-refractivity contribution < 1.29 is 4.74 Å². The average molecular weight is 307 g/mol. The van der Waals surface area contributed by atoms with Crippen molar-refractivity contribution in [1.82, 2.24) is 25.2 Å². The number of hydrogen-bond acceptors (Lipinski definition) is 6. The first-order valence-corrected chi connectivity index (χ1v) is 8.03. The van der Waals surface area contributed by atoms with Crippen molar-refractivity contribution in [3.63, 3.8) is 0 Å². The summed E-state index contributed by atoms with van der Waals surface area (Å²) in [6.07, 6.45) is 1.86. The van der Waals surface area contributed by atoms with Crippen molar-refractivity contribution in [1.29, 1.82) is 0 Å². The molecule has 2 heterocycles. The van der Waals surface area contributed by atoms with E-state index in [1.54, 1.807) is 18.9 Å². The lowest BCUT2D eigenvalue weighted by Crippen LogP contribution is -2.07. The van der Waals surface area contributed by atoms with Crippen LogP contribution in [0.2, 0.25) is 0 Å². The third-order valence-electron chi connectivity index (χ3n) is 3.27. The van der Waals surface area contributed by atoms with Gasteiger partial charge in [-0.05, 0) is 38.1 Å². The lowest BCUT2D eigenvalue weighted by atomic mass is 10.1. The molecule has 0 aliphatic heterocycles. The molecule has 0 spiro atoms. The molecule has 0 aromatic carbocycles. The molecule has 0 fully saturated rings. The number of rotatable bonds is 6. The average Bonchev–Trinajstić information content (AvgIpc) is 2.90. The van der Waals surface area contributed by atoms with Gasteiger partial charge in [-0.15, -0.1) is 16.9 Å². The fourth-order valence-electron chi connectivity index (χ4n) is 2.16. The van der Waals surface area contributed by atoms with Gasteiger partial charge in [0.1, 0.15) is 5.75 Å². The van der Waals surface area contributed by atoms with E-state index in [1.165, 1.54) is 0 Å². The minimum atomic E-state index is 0.273. The van der Waals surface area contributed by atoms with Crippen LogP contribution in [-0.4, -0.2) is 32.3 Å². The normalized spacial score (nSPS) is 11.1. The first-order chi connectivity index (χ1) is 10.0. The van der Waals surface area contributed by atoms with Crippen LogP contribution < -0.4 is 4.74 Å². The van der Waals surface area contributed by atoms with Crippen LogP contribution >= 0.6 is 11.8 Å². The fourth-order valence-corrected chi connectivity index (χ4v) is 3.12. The van der Waals surface area contributed by atoms with Gasteiger partial charge in [-0.1, -0.05) is 0 Å². The fraction of sp³-hybridized carbons (Fsp3) is 0.571. The maximum Gasteiger partial charge on any atom is 0.161 e. The van der Waals surface area contributed by atoms with E-state index in [2.05, 4.69) is 34.4 Å². The van der Waals surface area contributed by atoms with E-state index in [-0.39, 0.29) is 6.04 Å². The van der Waals surface area contributed by atoms with Gasteiger partial charge >= 0.3 is 0 Å². The molecule has 2 aromatic heterocycles. The van der Waals surface area contributed by atoms with Gasteiger partial charge < -0.3 is 4.74 Å². The molecule has 2 aromatic rings. The van der Waals surface area contributed by atoms with Crippen LogP contribution in [0.3, 0.4) is 0 Å². The van der Waals surface area contributed by atoms with Crippen molar-refractivity contribution in [2.75, 3.05) is 7.11 Å². The Hall–Kier alpha value is -1.63. The zero-order valence-corrected chi connectivity index (χ0v) is 13.9. The molecule has 0 radical (unpaired) electrons. The topological polar surface area (TPSA) is 65.7 Å². The number of methoxy groups -OCH3 is 1. The number of hydrogen-bond donors (Lipinski definition) is 0. The van der Waals surface area contributed by atoms with Crippen molar-refractivity contribution in [2.45, 2.75) is 45.2 Å². The molecule has 6 nitrogen and oxygen atoms in total. The quantitative estimate of drug-likeness (QED) is 0.817. The van der Waals surface area contributed by atoms with Crippen LogP contribution in [0.25, 0.3) is 0 Å². The SMILES string of the molecule is COc1c(C)cnc(CSCc2nnnn2C(C)C)c1C. The summed E-state index contributed by atoms with van der Waals surface area (Å²) in [7, 11) is 1.70. The Morgan fingerprint density at radius 1 is 1.29 bits per heavy atom. The summed E-state index contributed by atoms with van der Waals surface area (Å²) >= 11 is 1.75. The summed E-state index contributed by atoms with van der Waals surface area (Å²) in [6, 6.07) is 0.273. The summed E-state index contributed by atoms with van der Waals surface area (Å²) in [5, 5.41) is 11.8. The summed E-state index contributed by atoms with van der Waals surface area (Å²) in [5.74, 6) is 3.40. The Labute approximate surface area is 129 Å². The summed E-state index contributed by atoms with van der Waals surface area (Å²) in [4.78, 5) is 4.50. The van der Waals surface area contributed by atoms with E-state index < -0.39 is 0 Å². The van der Waals surface area contributed by atoms with Gasteiger partial charge in [-0.25, -0.2) is 4.68 Å². The maximum atomic E-state index is 5.43. The number of thioether (sulfide) groups is 1. The molecule has 0 bridgehead atoms. The molecule has 2 rings (SSSR count). The third-order valence-corrected chi connectivity index (χ3v) is 4.21. The smallest absolute Gasteiger partial charge is 0.161 e. The van der Waals surface area contributed by atoms with Crippen LogP contribution in [0.15, 0.2) is 6.20 Å². The number of aryl methyl sites for hydroxylation is 1. The Morgan fingerprint density at radius 3 is 2.71 bits per heavy atom. The van der Waals surface area contributed by atoms with Crippen LogP contribution in [-0.2, 0) is 11.5 Å². The van der Waals surface area contributed by atoms with Gasteiger partial charge in [0.15, 0.2) is 5.82 Å². The first kappa shape index (κ1) is 15.8. The Bertz CT molecular complexity index is 611. The second kappa shape index (κ2) is 6.89. The minimum Gasteiger partial charge on any atom is -0.496 e. The van der Waals surface area contributed by atoms with Crippen molar-refractivity contribution in [2.24, 2.45) is 0 Å². The highest BCUT2D eigenvalue weighted by molar-refractivity contribution is 7.97. The predicted octanol–water partition coefficient (Wildman–Crippen LogP) is 2.71. The van der Waals surface area contributed by atoms with Gasteiger partial charge in [0.25, 0.3) is 0 Å². The van der Waals surface area contributed by atoms with E-state index in [0.29, 0.717) is 0 Å². The molecular formula is C14H21N5OS. The molecule has 0 unspecified atom stereocenters. The molecule has 0 N–H and O–H groups in total. The highest BCUT2D eigenvalue weighted by Gasteiger charge is 2.12. The molecule has 0 saturated carbocycles. The van der Waals surface area contributed by atoms with E-state index in [0.717, 1.165) is 39.9 Å². The lowest BCUT2D eigenvalue weighted by molar-refractivity contribution is 0.407. The van der Waals surface area contributed by atoms with Crippen LogP contribution in [0.4, 0.5) is 0 Å². The number of pyridine rings is 1. The van der Waals surface area contributed by atoms with E-state index in [1.807, 2.05) is 24.7 Å². The van der Waals surface area contributed by atoms with Crippen molar-refractivity contribution in [3.05, 3.63) is 28.8 Å². The second-order valence-corrected chi connectivity index (χ2v) is 6.16. The van der Waals surface area contributed by atoms with Crippen molar-refractivity contribution >= 4 is 11.8 Å². The van der Waals surface area contributed by atoms with E-state index >= 15 is 0 Å². The summed E-state index contributed by atoms with van der Waals surface area (Å²) < 4.78 is 7.28. The van der Waals surface area contributed by atoms with Crippen LogP contribution in [0.5, 0.6) is 5.75 Å². The predicted molar refractivity (Wildman–Crippen MR) is 83.5 cm³/mol. The van der Waals surface area contributed by atoms with E-state index in [9.17, 15) is 0 Å². The summed E-state index contributed by atoms with van der Waals surface area (Å²) in [6.45, 7) is 8.20. The number of nitrogens with zero attached hydrogens (tertiary/aromatic N) is 5. The Morgan fingerprint density at radius 2 is 2.05 bits per heavy atom. The van der Waals surface area contributed by atoms with Gasteiger partial charge in [0, 0.05) is 23.1 Å². The molecule has 7 heteroatoms. The number of aromatic nitrogens is 5. The highest BCUT2D eigenvalue weighted by atomic mass is 32.2. The molecule has 0 saturated heterocycles. The standard InChI is InChI=1S/C14H21N5OS/c1-9(2)19-13(16-17-18-19)8-21-7-12-11(4)14(20-5)10(3)6-15-12/h6,9H,7-8H2,1-5H3. The molecule has 0 amide bonds. The molecule has 114 valence electrons. The lowest BCUT2D eigenvalue weighted by Gasteiger charge is -2.12. The van der Waals surface area contributed by atoms with Gasteiger partial charge in [-0.2, -0.15) is 0 Å². The monoisotopic (exact) mass is 307 g/mol. The highest BCUT2D eigenvalue weighted by Crippen LogP contribution is 2.27. The second-order valence-electron chi connectivity index (χ2n) is 5.17. The molecule has 21 heavy (non-hydrogen) atoms. The maximum absolute atomic E-state index is 5.43. The largest absolute Gasteiger partial charge is 0.496 e. The molecule has 0 aliphatic rings. The molecule has 0 atom stereocenters. The van der Waals surface area contributed by atoms with Gasteiger partial charge in [0.05, 0.1) is 24.6 Å². The number of ether oxygens (including phenoxy) is 1. The van der Waals surface area contributed by atoms with Crippen molar-refractivity contribution in [3.8, 4) is 5.75 Å². The van der Waals surface area contributed by atoms with Gasteiger partial charge in [0.2, 0.25) is 0 Å². The van der Waals surface area contributed by atoms with Crippen LogP contribution in [0, 0.1) is 13.8 Å². The molecular weight excluding hydrogens is 286 g/mol. The summed E-state index contributed by atoms with van der Waals surface area (Å²) in [5.41, 5.74) is 3.21. The number of tetrazole rings is 1. The van der Waals surface area contributed by atoms with Gasteiger partial charge in [-0.3, -0.25) is 4.98 Å². The minimum absolute atomic E-state index is 0.273. The van der Waals surface area contributed by atoms with Crippen LogP contribution in [0.1, 0.15) is 42.5 Å². The third kappa shape index (κ3) is 3.53. The molecule has 0 aliphatic carbocycles. The van der Waals surface area contributed by atoms with E-state index in [4.69, 9.17) is 4.74 Å². The Kier molecular flexibility index (Phi) is 5.17.